The van der Waals surface area contributed by atoms with Crippen molar-refractivity contribution in [3.63, 3.8) is 0 Å². The molecule has 1 aliphatic rings. The molecule has 2 aromatic rings. The van der Waals surface area contributed by atoms with E-state index in [1.807, 2.05) is 25.1 Å². The topological polar surface area (TPSA) is 76.2 Å². The number of nitrogens with zero attached hydrogens (tertiary/aromatic N) is 2. The Morgan fingerprint density at radius 1 is 1.10 bits per heavy atom. The van der Waals surface area contributed by atoms with Crippen LogP contribution >= 0.6 is 0 Å². The number of amides is 1. The van der Waals surface area contributed by atoms with Gasteiger partial charge < -0.3 is 14.4 Å². The van der Waals surface area contributed by atoms with Crippen LogP contribution in [-0.2, 0) is 14.8 Å². The van der Waals surface area contributed by atoms with Crippen molar-refractivity contribution in [2.24, 2.45) is 5.92 Å². The minimum atomic E-state index is -3.77. The molecule has 162 valence electrons. The molecule has 3 rings (SSSR count). The van der Waals surface area contributed by atoms with Gasteiger partial charge in [0.2, 0.25) is 15.9 Å². The van der Waals surface area contributed by atoms with Gasteiger partial charge in [0.05, 0.1) is 20.1 Å². The summed E-state index contributed by atoms with van der Waals surface area (Å²) in [5.74, 6) is 0.513. The number of hydrogen-bond donors (Lipinski definition) is 0. The molecule has 2 aromatic carbocycles. The van der Waals surface area contributed by atoms with Gasteiger partial charge in [0.1, 0.15) is 16.4 Å². The smallest absolute Gasteiger partial charge is 0.246 e. The SMILES string of the molecule is COc1ccc(N(C)C(=O)C2CCCN(S(=O)(=O)c3cc(C)ccc3OC)C2)cc1. The Morgan fingerprint density at radius 2 is 1.80 bits per heavy atom. The molecule has 0 bridgehead atoms. The van der Waals surface area contributed by atoms with Gasteiger partial charge in [-0.3, -0.25) is 4.79 Å². The van der Waals surface area contributed by atoms with Crippen molar-refractivity contribution in [3.05, 3.63) is 48.0 Å². The molecule has 0 N–H and O–H groups in total. The average molecular weight is 433 g/mol. The number of aryl methyl sites for hydroxylation is 1. The molecule has 30 heavy (non-hydrogen) atoms. The van der Waals surface area contributed by atoms with E-state index in [0.29, 0.717) is 30.9 Å². The number of hydrogen-bond acceptors (Lipinski definition) is 5. The number of benzene rings is 2. The lowest BCUT2D eigenvalue weighted by atomic mass is 9.98. The maximum atomic E-state index is 13.3. The van der Waals surface area contributed by atoms with Crippen LogP contribution in [0.2, 0.25) is 0 Å². The molecule has 7 nitrogen and oxygen atoms in total. The summed E-state index contributed by atoms with van der Waals surface area (Å²) in [6.07, 6.45) is 1.27. The van der Waals surface area contributed by atoms with E-state index in [0.717, 1.165) is 11.3 Å². The van der Waals surface area contributed by atoms with Gasteiger partial charge in [-0.15, -0.1) is 0 Å². The van der Waals surface area contributed by atoms with Gasteiger partial charge in [-0.05, 0) is 61.7 Å². The molecule has 1 saturated heterocycles. The van der Waals surface area contributed by atoms with Crippen LogP contribution in [-0.4, -0.2) is 53.0 Å². The van der Waals surface area contributed by atoms with E-state index >= 15 is 0 Å². The Hall–Kier alpha value is -2.58. The van der Waals surface area contributed by atoms with E-state index in [-0.39, 0.29) is 17.3 Å². The number of rotatable bonds is 6. The standard InChI is InChI=1S/C22H28N2O5S/c1-16-7-12-20(29-4)21(14-16)30(26,27)24-13-5-6-17(15-24)22(25)23(2)18-8-10-19(28-3)11-9-18/h7-12,14,17H,5-6,13,15H2,1-4H3. The largest absolute Gasteiger partial charge is 0.497 e. The summed E-state index contributed by atoms with van der Waals surface area (Å²) in [5.41, 5.74) is 1.57. The Bertz CT molecular complexity index is 1000. The quantitative estimate of drug-likeness (QED) is 0.701. The third-order valence-electron chi connectivity index (χ3n) is 5.46. The Kier molecular flexibility index (Phi) is 6.67. The molecule has 8 heteroatoms. The second kappa shape index (κ2) is 9.06. The highest BCUT2D eigenvalue weighted by molar-refractivity contribution is 7.89. The Morgan fingerprint density at radius 3 is 2.43 bits per heavy atom. The zero-order valence-corrected chi connectivity index (χ0v) is 18.6. The summed E-state index contributed by atoms with van der Waals surface area (Å²) in [4.78, 5) is 14.8. The molecule has 0 aliphatic carbocycles. The van der Waals surface area contributed by atoms with Crippen LogP contribution in [0.1, 0.15) is 18.4 Å². The summed E-state index contributed by atoms with van der Waals surface area (Å²) in [7, 11) is 0.979. The number of ether oxygens (including phenoxy) is 2. The molecule has 0 spiro atoms. The molecule has 1 fully saturated rings. The molecule has 1 amide bonds. The molecule has 0 aromatic heterocycles. The molecule has 1 heterocycles. The fraction of sp³-hybridized carbons (Fsp3) is 0.409. The van der Waals surface area contributed by atoms with Crippen molar-refractivity contribution in [1.29, 1.82) is 0 Å². The van der Waals surface area contributed by atoms with E-state index in [1.165, 1.54) is 11.4 Å². The van der Waals surface area contributed by atoms with Crippen LogP contribution in [0.5, 0.6) is 11.5 Å². The summed E-state index contributed by atoms with van der Waals surface area (Å²) in [6, 6.07) is 12.3. The lowest BCUT2D eigenvalue weighted by molar-refractivity contribution is -0.123. The van der Waals surface area contributed by atoms with E-state index in [1.54, 1.807) is 43.3 Å². The van der Waals surface area contributed by atoms with Crippen LogP contribution in [0.25, 0.3) is 0 Å². The number of piperidine rings is 1. The minimum Gasteiger partial charge on any atom is -0.497 e. The third kappa shape index (κ3) is 4.44. The van der Waals surface area contributed by atoms with Gasteiger partial charge in [-0.2, -0.15) is 4.31 Å². The molecule has 0 radical (unpaired) electrons. The predicted octanol–water partition coefficient (Wildman–Crippen LogP) is 3.08. The van der Waals surface area contributed by atoms with Gasteiger partial charge >= 0.3 is 0 Å². The molecule has 1 aliphatic heterocycles. The van der Waals surface area contributed by atoms with Crippen molar-refractivity contribution >= 4 is 21.6 Å². The van der Waals surface area contributed by atoms with E-state index in [9.17, 15) is 13.2 Å². The monoisotopic (exact) mass is 432 g/mol. The molecule has 1 unspecified atom stereocenters. The lowest BCUT2D eigenvalue weighted by Gasteiger charge is -2.33. The van der Waals surface area contributed by atoms with Gasteiger partial charge in [-0.25, -0.2) is 8.42 Å². The summed E-state index contributed by atoms with van der Waals surface area (Å²) < 4.78 is 38.4. The van der Waals surface area contributed by atoms with Crippen LogP contribution in [0, 0.1) is 12.8 Å². The normalized spacial score (nSPS) is 17.4. The highest BCUT2D eigenvalue weighted by Gasteiger charge is 2.36. The summed E-state index contributed by atoms with van der Waals surface area (Å²) in [5, 5.41) is 0. The number of methoxy groups -OCH3 is 2. The van der Waals surface area contributed by atoms with E-state index < -0.39 is 15.9 Å². The van der Waals surface area contributed by atoms with Crippen LogP contribution < -0.4 is 14.4 Å². The van der Waals surface area contributed by atoms with Gasteiger partial charge in [0.25, 0.3) is 0 Å². The molecule has 0 saturated carbocycles. The third-order valence-corrected chi connectivity index (χ3v) is 7.35. The first-order chi connectivity index (χ1) is 14.3. The van der Waals surface area contributed by atoms with Gasteiger partial charge in [0, 0.05) is 25.8 Å². The second-order valence-corrected chi connectivity index (χ2v) is 9.36. The van der Waals surface area contributed by atoms with Crippen LogP contribution in [0.15, 0.2) is 47.4 Å². The number of carbonyl (C=O) groups excluding carboxylic acids is 1. The average Bonchev–Trinajstić information content (AvgIpc) is 2.78. The summed E-state index contributed by atoms with van der Waals surface area (Å²) >= 11 is 0. The Balaban J connectivity index is 1.80. The molecule has 1 atom stereocenters. The highest BCUT2D eigenvalue weighted by atomic mass is 32.2. The van der Waals surface area contributed by atoms with Crippen molar-refractivity contribution in [2.75, 3.05) is 39.3 Å². The number of carbonyl (C=O) groups is 1. The van der Waals surface area contributed by atoms with Crippen LogP contribution in [0.3, 0.4) is 0 Å². The number of anilines is 1. The second-order valence-electron chi connectivity index (χ2n) is 7.45. The predicted molar refractivity (Wildman–Crippen MR) is 116 cm³/mol. The first kappa shape index (κ1) is 22.1. The van der Waals surface area contributed by atoms with Crippen molar-refractivity contribution < 1.29 is 22.7 Å². The fourth-order valence-corrected chi connectivity index (χ4v) is 5.46. The zero-order chi connectivity index (χ0) is 21.9. The lowest BCUT2D eigenvalue weighted by Crippen LogP contribution is -2.46. The van der Waals surface area contributed by atoms with Crippen molar-refractivity contribution in [1.82, 2.24) is 4.31 Å². The number of sulfonamides is 1. The molecular formula is C22H28N2O5S. The van der Waals surface area contributed by atoms with Gasteiger partial charge in [-0.1, -0.05) is 6.07 Å². The zero-order valence-electron chi connectivity index (χ0n) is 17.8. The molecular weight excluding hydrogens is 404 g/mol. The maximum Gasteiger partial charge on any atom is 0.246 e. The van der Waals surface area contributed by atoms with Gasteiger partial charge in [0.15, 0.2) is 0 Å². The van der Waals surface area contributed by atoms with Crippen molar-refractivity contribution in [3.8, 4) is 11.5 Å². The Labute approximate surface area is 178 Å². The van der Waals surface area contributed by atoms with E-state index in [4.69, 9.17) is 9.47 Å². The first-order valence-corrected chi connectivity index (χ1v) is 11.3. The minimum absolute atomic E-state index is 0.101. The maximum absolute atomic E-state index is 13.3. The fourth-order valence-electron chi connectivity index (χ4n) is 3.69. The highest BCUT2D eigenvalue weighted by Crippen LogP contribution is 2.31. The van der Waals surface area contributed by atoms with E-state index in [2.05, 4.69) is 0 Å². The van der Waals surface area contributed by atoms with Crippen molar-refractivity contribution in [2.45, 2.75) is 24.7 Å². The summed E-state index contributed by atoms with van der Waals surface area (Å²) in [6.45, 7) is 2.37. The van der Waals surface area contributed by atoms with Crippen LogP contribution in [0.4, 0.5) is 5.69 Å². The first-order valence-electron chi connectivity index (χ1n) is 9.84.